The number of para-hydroxylation sites is 5. The summed E-state index contributed by atoms with van der Waals surface area (Å²) >= 11 is 0. The van der Waals surface area contributed by atoms with Crippen LogP contribution in [0.5, 0.6) is 11.5 Å². The van der Waals surface area contributed by atoms with E-state index in [2.05, 4.69) is 63.3 Å². The van der Waals surface area contributed by atoms with Crippen molar-refractivity contribution in [3.8, 4) is 33.9 Å². The summed E-state index contributed by atoms with van der Waals surface area (Å²) in [4.78, 5) is 10.3. The van der Waals surface area contributed by atoms with Crippen molar-refractivity contribution in [2.45, 2.75) is 0 Å². The van der Waals surface area contributed by atoms with Crippen LogP contribution in [0.4, 0.5) is 22.7 Å². The molecule has 0 radical (unpaired) electrons. The number of benzene rings is 4. The third-order valence-corrected chi connectivity index (χ3v) is 5.95. The van der Waals surface area contributed by atoms with E-state index < -0.39 is 0 Å². The molecule has 0 aliphatic carbocycles. The Hall–Kier alpha value is -4.88. The molecule has 2 heterocycles. The van der Waals surface area contributed by atoms with Gasteiger partial charge in [-0.05, 0) is 41.5 Å². The molecule has 0 amide bonds. The molecule has 0 fully saturated rings. The van der Waals surface area contributed by atoms with E-state index in [0.29, 0.717) is 11.4 Å². The molecule has 5 aromatic rings. The second-order valence-electron chi connectivity index (χ2n) is 7.95. The van der Waals surface area contributed by atoms with Crippen molar-refractivity contribution in [1.29, 1.82) is 0 Å². The zero-order chi connectivity index (χ0) is 22.9. The molecular weight excluding hydrogens is 418 g/mol. The minimum Gasteiger partial charge on any atom is -0.453 e. The van der Waals surface area contributed by atoms with Gasteiger partial charge in [-0.3, -0.25) is 4.98 Å². The van der Waals surface area contributed by atoms with E-state index in [1.165, 1.54) is 0 Å². The molecule has 6 rings (SSSR count). The van der Waals surface area contributed by atoms with Gasteiger partial charge in [0.2, 0.25) is 5.69 Å². The molecule has 0 atom stereocenters. The van der Waals surface area contributed by atoms with Crippen molar-refractivity contribution >= 4 is 22.7 Å². The number of hydrogen-bond acceptors (Lipinski definition) is 3. The Labute approximate surface area is 198 Å². The average molecular weight is 438 g/mol. The lowest BCUT2D eigenvalue weighted by atomic mass is 9.99. The first-order chi connectivity index (χ1) is 16.8. The first kappa shape index (κ1) is 19.8. The van der Waals surface area contributed by atoms with Gasteiger partial charge in [0.05, 0.1) is 29.3 Å². The Bertz CT molecular complexity index is 1500. The van der Waals surface area contributed by atoms with Gasteiger partial charge >= 0.3 is 0 Å². The lowest BCUT2D eigenvalue weighted by Gasteiger charge is -2.34. The second-order valence-corrected chi connectivity index (χ2v) is 7.95. The second kappa shape index (κ2) is 8.23. The van der Waals surface area contributed by atoms with Gasteiger partial charge in [-0.25, -0.2) is 4.85 Å². The van der Waals surface area contributed by atoms with Crippen LogP contribution in [-0.4, -0.2) is 4.98 Å². The third-order valence-electron chi connectivity index (χ3n) is 5.95. The van der Waals surface area contributed by atoms with Crippen LogP contribution in [0.2, 0.25) is 0 Å². The SMILES string of the molecule is [C-]#[N+]c1cccnc1-c1ccc(-c2ccccc2N2c3ccccc3Oc3ccccc32)cc1. The highest BCUT2D eigenvalue weighted by atomic mass is 16.5. The topological polar surface area (TPSA) is 29.7 Å². The first-order valence-electron chi connectivity index (χ1n) is 11.0. The summed E-state index contributed by atoms with van der Waals surface area (Å²) in [6.45, 7) is 7.44. The quantitative estimate of drug-likeness (QED) is 0.260. The van der Waals surface area contributed by atoms with Crippen LogP contribution in [0.25, 0.3) is 27.2 Å². The number of ether oxygens (including phenoxy) is 1. The highest BCUT2D eigenvalue weighted by molar-refractivity contribution is 5.93. The fourth-order valence-electron chi connectivity index (χ4n) is 4.39. The van der Waals surface area contributed by atoms with E-state index in [0.717, 1.165) is 45.3 Å². The van der Waals surface area contributed by atoms with Gasteiger partial charge in [-0.1, -0.05) is 78.9 Å². The lowest BCUT2D eigenvalue weighted by molar-refractivity contribution is 0.477. The minimum absolute atomic E-state index is 0.553. The minimum atomic E-state index is 0.553. The van der Waals surface area contributed by atoms with E-state index in [4.69, 9.17) is 11.3 Å². The van der Waals surface area contributed by atoms with E-state index in [1.807, 2.05) is 48.5 Å². The zero-order valence-corrected chi connectivity index (χ0v) is 18.2. The molecule has 34 heavy (non-hydrogen) atoms. The van der Waals surface area contributed by atoms with Crippen LogP contribution in [0, 0.1) is 6.57 Å². The standard InChI is InChI=1S/C30H19N3O/c1-31-24-10-8-20-32-30(24)22-18-16-21(17-19-22)23-9-2-3-11-25(23)33-26-12-4-6-14-28(26)34-29-15-7-5-13-27(29)33/h2-20H. The maximum absolute atomic E-state index is 7.44. The van der Waals surface area contributed by atoms with Gasteiger partial charge < -0.3 is 9.64 Å². The average Bonchev–Trinajstić information content (AvgIpc) is 2.92. The third kappa shape index (κ3) is 3.28. The molecule has 0 unspecified atom stereocenters. The summed E-state index contributed by atoms with van der Waals surface area (Å²) in [7, 11) is 0. The Morgan fingerprint density at radius 2 is 1.21 bits per heavy atom. The Morgan fingerprint density at radius 3 is 1.88 bits per heavy atom. The molecule has 1 aromatic heterocycles. The lowest BCUT2D eigenvalue weighted by Crippen LogP contribution is -2.16. The van der Waals surface area contributed by atoms with Crippen molar-refractivity contribution in [2.75, 3.05) is 4.90 Å². The Balaban J connectivity index is 1.48. The number of anilines is 3. The van der Waals surface area contributed by atoms with Crippen molar-refractivity contribution in [1.82, 2.24) is 4.98 Å². The predicted octanol–water partition coefficient (Wildman–Crippen LogP) is 8.54. The predicted molar refractivity (Wildman–Crippen MR) is 136 cm³/mol. The van der Waals surface area contributed by atoms with Crippen molar-refractivity contribution in [3.05, 3.63) is 127 Å². The van der Waals surface area contributed by atoms with Gasteiger partial charge in [-0.2, -0.15) is 0 Å². The van der Waals surface area contributed by atoms with Crippen molar-refractivity contribution in [3.63, 3.8) is 0 Å². The number of nitrogens with zero attached hydrogens (tertiary/aromatic N) is 3. The molecule has 4 aromatic carbocycles. The first-order valence-corrected chi connectivity index (χ1v) is 11.0. The van der Waals surface area contributed by atoms with Crippen LogP contribution in [0.1, 0.15) is 0 Å². The van der Waals surface area contributed by atoms with E-state index in [9.17, 15) is 0 Å². The van der Waals surface area contributed by atoms with Crippen molar-refractivity contribution < 1.29 is 4.74 Å². The summed E-state index contributed by atoms with van der Waals surface area (Å²) in [5, 5.41) is 0. The summed E-state index contributed by atoms with van der Waals surface area (Å²) in [5.41, 5.74) is 7.44. The maximum atomic E-state index is 7.44. The van der Waals surface area contributed by atoms with Crippen LogP contribution in [-0.2, 0) is 0 Å². The Morgan fingerprint density at radius 1 is 0.618 bits per heavy atom. The van der Waals surface area contributed by atoms with Gasteiger partial charge in [0.25, 0.3) is 0 Å². The maximum Gasteiger partial charge on any atom is 0.212 e. The number of pyridine rings is 1. The largest absolute Gasteiger partial charge is 0.453 e. The zero-order valence-electron chi connectivity index (χ0n) is 18.2. The summed E-state index contributed by atoms with van der Waals surface area (Å²) < 4.78 is 6.19. The van der Waals surface area contributed by atoms with Crippen molar-refractivity contribution in [2.24, 2.45) is 0 Å². The molecule has 0 saturated heterocycles. The Kier molecular flexibility index (Phi) is 4.79. The summed E-state index contributed by atoms with van der Waals surface area (Å²) in [5.74, 6) is 1.65. The molecule has 0 spiro atoms. The highest BCUT2D eigenvalue weighted by Gasteiger charge is 2.26. The smallest absolute Gasteiger partial charge is 0.212 e. The fourth-order valence-corrected chi connectivity index (χ4v) is 4.39. The number of rotatable bonds is 3. The molecule has 4 nitrogen and oxygen atoms in total. The monoisotopic (exact) mass is 437 g/mol. The van der Waals surface area contributed by atoms with Crippen LogP contribution >= 0.6 is 0 Å². The molecule has 0 N–H and O–H groups in total. The molecule has 1 aliphatic heterocycles. The van der Waals surface area contributed by atoms with Gasteiger partial charge in [0.1, 0.15) is 0 Å². The van der Waals surface area contributed by atoms with Crippen LogP contribution in [0.3, 0.4) is 0 Å². The van der Waals surface area contributed by atoms with E-state index in [1.54, 1.807) is 18.3 Å². The van der Waals surface area contributed by atoms with E-state index >= 15 is 0 Å². The number of hydrogen-bond donors (Lipinski definition) is 0. The molecular formula is C30H19N3O. The molecule has 0 bridgehead atoms. The van der Waals surface area contributed by atoms with Gasteiger partial charge in [0, 0.05) is 11.8 Å². The summed E-state index contributed by atoms with van der Waals surface area (Å²) in [6.07, 6.45) is 1.72. The van der Waals surface area contributed by atoms with E-state index in [-0.39, 0.29) is 0 Å². The molecule has 160 valence electrons. The van der Waals surface area contributed by atoms with Gasteiger partial charge in [0.15, 0.2) is 11.5 Å². The number of aromatic nitrogens is 1. The fraction of sp³-hybridized carbons (Fsp3) is 0. The molecule has 0 saturated carbocycles. The normalized spacial score (nSPS) is 11.7. The highest BCUT2D eigenvalue weighted by Crippen LogP contribution is 2.52. The molecule has 4 heteroatoms. The molecule has 1 aliphatic rings. The van der Waals surface area contributed by atoms with Crippen LogP contribution < -0.4 is 9.64 Å². The van der Waals surface area contributed by atoms with Gasteiger partial charge in [-0.15, -0.1) is 0 Å². The van der Waals surface area contributed by atoms with Crippen LogP contribution in [0.15, 0.2) is 115 Å². The number of fused-ring (bicyclic) bond motifs is 2. The summed E-state index contributed by atoms with van der Waals surface area (Å²) in [6, 6.07) is 36.4.